The van der Waals surface area contributed by atoms with Gasteiger partial charge in [0.1, 0.15) is 18.2 Å². The van der Waals surface area contributed by atoms with Crippen LogP contribution in [0, 0.1) is 5.82 Å². The van der Waals surface area contributed by atoms with E-state index in [1.165, 1.54) is 12.1 Å². The second-order valence-electron chi connectivity index (χ2n) is 18.7. The number of allylic oxidation sites excluding steroid dienone is 1. The summed E-state index contributed by atoms with van der Waals surface area (Å²) in [6, 6.07) is 46.3. The van der Waals surface area contributed by atoms with Crippen molar-refractivity contribution in [3.8, 4) is 5.75 Å². The van der Waals surface area contributed by atoms with Crippen molar-refractivity contribution in [2.24, 2.45) is 0 Å². The molecule has 0 fully saturated rings. The predicted octanol–water partition coefficient (Wildman–Crippen LogP) is 11.9. The number of hydrogen-bond acceptors (Lipinski definition) is 6. The molecule has 0 bridgehead atoms. The molecule has 7 rings (SSSR count). The molecule has 1 heterocycles. The highest BCUT2D eigenvalue weighted by molar-refractivity contribution is 6.38. The van der Waals surface area contributed by atoms with Gasteiger partial charge in [0.25, 0.3) is 0 Å². The van der Waals surface area contributed by atoms with Crippen LogP contribution in [0.2, 0.25) is 0 Å². The number of aliphatic hydroxyl groups excluding tert-OH is 1. The third kappa shape index (κ3) is 10.2. The van der Waals surface area contributed by atoms with Crippen molar-refractivity contribution in [2.75, 3.05) is 49.2 Å². The van der Waals surface area contributed by atoms with Crippen LogP contribution in [0.1, 0.15) is 105 Å². The van der Waals surface area contributed by atoms with Crippen LogP contribution in [-0.2, 0) is 22.1 Å². The molecule has 0 amide bonds. The first kappa shape index (κ1) is 46.5. The van der Waals surface area contributed by atoms with Crippen molar-refractivity contribution >= 4 is 39.9 Å². The van der Waals surface area contributed by atoms with E-state index in [1.807, 2.05) is 59.7 Å². The molecule has 8 heteroatoms. The maximum Gasteiger partial charge on any atom is 0.338 e. The van der Waals surface area contributed by atoms with E-state index >= 15 is 0 Å². The number of ether oxygens (including phenoxy) is 1. The van der Waals surface area contributed by atoms with Gasteiger partial charge in [0.15, 0.2) is 6.54 Å². The van der Waals surface area contributed by atoms with Crippen LogP contribution in [-0.4, -0.2) is 65.9 Å². The van der Waals surface area contributed by atoms with Gasteiger partial charge in [-0.15, -0.1) is 0 Å². The lowest BCUT2D eigenvalue weighted by Gasteiger charge is -2.28. The normalized spacial score (nSPS) is 13.4. The van der Waals surface area contributed by atoms with Gasteiger partial charge in [-0.05, 0) is 103 Å². The molecule has 0 aromatic heterocycles. The van der Waals surface area contributed by atoms with Crippen LogP contribution in [0.3, 0.4) is 0 Å². The van der Waals surface area contributed by atoms with Gasteiger partial charge in [-0.1, -0.05) is 108 Å². The average Bonchev–Trinajstić information content (AvgIpc) is 3.60. The molecule has 1 aliphatic rings. The van der Waals surface area contributed by atoms with E-state index in [-0.39, 0.29) is 35.6 Å². The lowest BCUT2D eigenvalue weighted by molar-refractivity contribution is -0.453. The minimum absolute atomic E-state index is 0.0630. The van der Waals surface area contributed by atoms with Crippen LogP contribution >= 0.6 is 0 Å². The fourth-order valence-electron chi connectivity index (χ4n) is 8.82. The number of benzene rings is 6. The molecule has 0 atom stereocenters. The van der Waals surface area contributed by atoms with Crippen molar-refractivity contribution in [1.82, 2.24) is 0 Å². The fraction of sp³-hybridized carbons (Fsp3) is 0.298. The van der Waals surface area contributed by atoms with Gasteiger partial charge in [0.2, 0.25) is 11.4 Å². The number of phenolic OH excluding ortho intramolecular Hbond substituents is 1. The number of aliphatic hydroxyl groups is 1. The highest BCUT2D eigenvalue weighted by Gasteiger charge is 2.38. The summed E-state index contributed by atoms with van der Waals surface area (Å²) in [6.07, 6.45) is 0. The van der Waals surface area contributed by atoms with Gasteiger partial charge in [-0.2, -0.15) is 4.58 Å². The maximum absolute atomic E-state index is 14.6. The number of carbonyl (C=O) groups is 1. The molecule has 0 saturated carbocycles. The zero-order valence-corrected chi connectivity index (χ0v) is 39.2. The number of fused-ring (bicyclic) bond motifs is 1. The van der Waals surface area contributed by atoms with Gasteiger partial charge < -0.3 is 24.7 Å². The summed E-state index contributed by atoms with van der Waals surface area (Å²) in [5, 5.41) is 21.0. The number of hydrogen-bond donors (Lipinski definition) is 2. The Morgan fingerprint density at radius 2 is 1.18 bits per heavy atom. The van der Waals surface area contributed by atoms with Crippen molar-refractivity contribution < 1.29 is 28.7 Å². The minimum Gasteiger partial charge on any atom is -0.507 e. The number of carbonyl (C=O) groups excluding carboxylic acids is 1. The van der Waals surface area contributed by atoms with E-state index in [0.29, 0.717) is 31.7 Å². The molecule has 0 aliphatic carbocycles. The average molecular weight is 873 g/mol. The summed E-state index contributed by atoms with van der Waals surface area (Å²) < 4.78 is 22.9. The first-order valence-electron chi connectivity index (χ1n) is 22.8. The van der Waals surface area contributed by atoms with E-state index in [4.69, 9.17) is 4.74 Å². The summed E-state index contributed by atoms with van der Waals surface area (Å²) in [4.78, 5) is 18.0. The van der Waals surface area contributed by atoms with Gasteiger partial charge >= 0.3 is 5.97 Å². The van der Waals surface area contributed by atoms with E-state index in [2.05, 4.69) is 125 Å². The van der Waals surface area contributed by atoms with Crippen molar-refractivity contribution in [2.45, 2.75) is 72.8 Å². The number of halogens is 1. The number of nitrogens with zero attached hydrogens (tertiary/aromatic N) is 3. The smallest absolute Gasteiger partial charge is 0.338 e. The van der Waals surface area contributed by atoms with Gasteiger partial charge in [-0.3, -0.25) is 0 Å². The van der Waals surface area contributed by atoms with Crippen LogP contribution < -0.4 is 9.80 Å². The largest absolute Gasteiger partial charge is 0.507 e. The third-order valence-electron chi connectivity index (χ3n) is 12.3. The molecule has 0 saturated heterocycles. The lowest BCUT2D eigenvalue weighted by atomic mass is 9.78. The molecule has 1 aliphatic heterocycles. The van der Waals surface area contributed by atoms with E-state index in [9.17, 15) is 19.4 Å². The van der Waals surface area contributed by atoms with Crippen LogP contribution in [0.25, 0.3) is 11.1 Å². The van der Waals surface area contributed by atoms with E-state index < -0.39 is 5.97 Å². The summed E-state index contributed by atoms with van der Waals surface area (Å²) in [5.74, 6) is -0.482. The standard InChI is InChI=1S/C57H62FN3O4/c1-9-59(32-34-62)45-28-22-40(23-29-45)51(52-47-18-14-15-19-50(47)61(38-39-16-12-11-13-17-39)53(52)42-20-26-44(58)27-21-42)41-24-30-46(31-25-41)60(10-2)33-35-65-55(64)43-36-48(56(3,4)5)54(63)49(37-43)57(6,7)8/h11-31,36-37,62H,9-10,32-35,38H2,1-8H3/p+1. The monoisotopic (exact) mass is 872 g/mol. The Bertz CT molecular complexity index is 2640. The number of likely N-dealkylation sites (N-methyl/N-ethyl adjacent to an activating group) is 2. The first-order chi connectivity index (χ1) is 31.1. The SMILES string of the molecule is CCN(CCO)c1ccc(C(=C2C(c3ccc(F)cc3)=[N+](Cc3ccccc3)c3ccccc32)c2ccc(N(CC)CCOC(=O)c3cc(C(C)(C)C)c(O)c(C(C)(C)C)c3)cc2)cc1. The zero-order chi connectivity index (χ0) is 46.5. The number of phenols is 1. The number of aromatic hydroxyl groups is 1. The highest BCUT2D eigenvalue weighted by atomic mass is 19.1. The van der Waals surface area contributed by atoms with Crippen molar-refractivity contribution in [1.29, 1.82) is 0 Å². The van der Waals surface area contributed by atoms with Crippen molar-refractivity contribution in [3.05, 3.63) is 190 Å². The molecular weight excluding hydrogens is 810 g/mol. The second-order valence-corrected chi connectivity index (χ2v) is 18.7. The molecule has 6 aromatic carbocycles. The first-order valence-corrected chi connectivity index (χ1v) is 22.8. The Balaban J connectivity index is 1.28. The molecular formula is C57H63FN3O4+. The second kappa shape index (κ2) is 19.7. The minimum atomic E-state index is -0.417. The predicted molar refractivity (Wildman–Crippen MR) is 264 cm³/mol. The summed E-state index contributed by atoms with van der Waals surface area (Å²) in [7, 11) is 0. The van der Waals surface area contributed by atoms with Crippen LogP contribution in [0.5, 0.6) is 5.75 Å². The number of anilines is 2. The maximum atomic E-state index is 14.6. The van der Waals surface area contributed by atoms with Crippen LogP contribution in [0.4, 0.5) is 21.5 Å². The lowest BCUT2D eigenvalue weighted by Crippen LogP contribution is -2.28. The quantitative estimate of drug-likeness (QED) is 0.0791. The van der Waals surface area contributed by atoms with Gasteiger partial charge in [0.05, 0.1) is 29.9 Å². The molecule has 0 radical (unpaired) electrons. The Morgan fingerprint density at radius 3 is 1.71 bits per heavy atom. The zero-order valence-electron chi connectivity index (χ0n) is 39.2. The Kier molecular flexibility index (Phi) is 14.1. The van der Waals surface area contributed by atoms with E-state index in [0.717, 1.165) is 79.4 Å². The molecule has 2 N–H and O–H groups in total. The topological polar surface area (TPSA) is 76.2 Å². The van der Waals surface area contributed by atoms with Crippen LogP contribution in [0.15, 0.2) is 140 Å². The summed E-state index contributed by atoms with van der Waals surface area (Å²) in [5.41, 5.74) is 12.4. The molecule has 65 heavy (non-hydrogen) atoms. The fourth-order valence-corrected chi connectivity index (χ4v) is 8.82. The van der Waals surface area contributed by atoms with E-state index in [1.54, 1.807) is 12.1 Å². The summed E-state index contributed by atoms with van der Waals surface area (Å²) >= 11 is 0. The molecule has 6 aromatic rings. The van der Waals surface area contributed by atoms with Gasteiger partial charge in [-0.25, -0.2) is 9.18 Å². The number of rotatable bonds is 15. The molecule has 0 unspecified atom stereocenters. The number of esters is 1. The van der Waals surface area contributed by atoms with Crippen molar-refractivity contribution in [3.63, 3.8) is 0 Å². The van der Waals surface area contributed by atoms with Gasteiger partial charge in [0, 0.05) is 64.9 Å². The Morgan fingerprint density at radius 1 is 0.662 bits per heavy atom. The Labute approximate surface area is 384 Å². The highest BCUT2D eigenvalue weighted by Crippen LogP contribution is 2.45. The molecule has 0 spiro atoms. The Hall–Kier alpha value is -6.51. The summed E-state index contributed by atoms with van der Waals surface area (Å²) in [6.45, 7) is 19.7. The number of para-hydroxylation sites is 1. The molecule has 336 valence electrons. The molecule has 7 nitrogen and oxygen atoms in total. The third-order valence-corrected chi connectivity index (χ3v) is 12.3.